The van der Waals surface area contributed by atoms with Gasteiger partial charge in [0.1, 0.15) is 12.4 Å². The molecule has 4 nitrogen and oxygen atoms in total. The van der Waals surface area contributed by atoms with Gasteiger partial charge in [-0.1, -0.05) is 18.2 Å². The molecular formula is C15H19NO3. The summed E-state index contributed by atoms with van der Waals surface area (Å²) in [4.78, 5) is 12.0. The van der Waals surface area contributed by atoms with Crippen LogP contribution >= 0.6 is 0 Å². The summed E-state index contributed by atoms with van der Waals surface area (Å²) in [5, 5.41) is 2.75. The molecule has 1 aliphatic rings. The number of amides is 1. The lowest BCUT2D eigenvalue weighted by atomic mass is 10.2. The maximum Gasteiger partial charge on any atom is 0.255 e. The van der Waals surface area contributed by atoms with E-state index in [0.29, 0.717) is 24.5 Å². The van der Waals surface area contributed by atoms with Gasteiger partial charge < -0.3 is 14.8 Å². The van der Waals surface area contributed by atoms with Gasteiger partial charge >= 0.3 is 0 Å². The van der Waals surface area contributed by atoms with Crippen molar-refractivity contribution in [1.29, 1.82) is 0 Å². The van der Waals surface area contributed by atoms with Crippen LogP contribution in [0.2, 0.25) is 0 Å². The summed E-state index contributed by atoms with van der Waals surface area (Å²) < 4.78 is 11.2. The fourth-order valence-corrected chi connectivity index (χ4v) is 2.00. The van der Waals surface area contributed by atoms with Crippen molar-refractivity contribution in [2.75, 3.05) is 19.8 Å². The molecule has 2 rings (SSSR count). The number of carbonyl (C=O) groups is 1. The Balaban J connectivity index is 1.98. The van der Waals surface area contributed by atoms with Crippen molar-refractivity contribution in [2.24, 2.45) is 0 Å². The summed E-state index contributed by atoms with van der Waals surface area (Å²) >= 11 is 0. The SMILES string of the molecule is C=CCNC(=O)c1ccccc1OC[C@H]1CCCO1. The van der Waals surface area contributed by atoms with Crippen molar-refractivity contribution in [3.05, 3.63) is 42.5 Å². The van der Waals surface area contributed by atoms with Crippen molar-refractivity contribution in [1.82, 2.24) is 5.32 Å². The average Bonchev–Trinajstić information content (AvgIpc) is 2.96. The van der Waals surface area contributed by atoms with Crippen LogP contribution in [0.25, 0.3) is 0 Å². The van der Waals surface area contributed by atoms with Crippen molar-refractivity contribution >= 4 is 5.91 Å². The predicted molar refractivity (Wildman–Crippen MR) is 73.4 cm³/mol. The van der Waals surface area contributed by atoms with Crippen LogP contribution < -0.4 is 10.1 Å². The zero-order chi connectivity index (χ0) is 13.5. The van der Waals surface area contributed by atoms with E-state index in [0.717, 1.165) is 19.4 Å². The van der Waals surface area contributed by atoms with Crippen LogP contribution in [0.15, 0.2) is 36.9 Å². The van der Waals surface area contributed by atoms with Gasteiger partial charge in [0, 0.05) is 13.2 Å². The molecule has 0 aromatic heterocycles. The van der Waals surface area contributed by atoms with Crippen LogP contribution in [-0.2, 0) is 4.74 Å². The first-order valence-electron chi connectivity index (χ1n) is 6.54. The van der Waals surface area contributed by atoms with Gasteiger partial charge in [0.05, 0.1) is 11.7 Å². The molecule has 1 heterocycles. The van der Waals surface area contributed by atoms with E-state index in [1.54, 1.807) is 18.2 Å². The lowest BCUT2D eigenvalue weighted by molar-refractivity contribution is 0.0671. The van der Waals surface area contributed by atoms with Gasteiger partial charge in [-0.3, -0.25) is 4.79 Å². The van der Waals surface area contributed by atoms with Crippen LogP contribution in [0.1, 0.15) is 23.2 Å². The van der Waals surface area contributed by atoms with Gasteiger partial charge in [-0.25, -0.2) is 0 Å². The van der Waals surface area contributed by atoms with Crippen molar-refractivity contribution in [3.8, 4) is 5.75 Å². The summed E-state index contributed by atoms with van der Waals surface area (Å²) in [5.74, 6) is 0.447. The lowest BCUT2D eigenvalue weighted by Gasteiger charge is -2.14. The molecule has 102 valence electrons. The van der Waals surface area contributed by atoms with Gasteiger partial charge in [-0.15, -0.1) is 6.58 Å². The first-order chi connectivity index (χ1) is 9.31. The number of nitrogens with one attached hydrogen (secondary N) is 1. The first kappa shape index (κ1) is 13.6. The topological polar surface area (TPSA) is 47.6 Å². The van der Waals surface area contributed by atoms with Crippen molar-refractivity contribution < 1.29 is 14.3 Å². The second-order valence-electron chi connectivity index (χ2n) is 4.44. The molecule has 0 spiro atoms. The normalized spacial score (nSPS) is 18.0. The van der Waals surface area contributed by atoms with E-state index >= 15 is 0 Å². The van der Waals surface area contributed by atoms with Gasteiger partial charge in [0.25, 0.3) is 5.91 Å². The smallest absolute Gasteiger partial charge is 0.255 e. The highest BCUT2D eigenvalue weighted by molar-refractivity contribution is 5.96. The number of ether oxygens (including phenoxy) is 2. The molecule has 1 fully saturated rings. The summed E-state index contributed by atoms with van der Waals surface area (Å²) in [6.07, 6.45) is 3.89. The van der Waals surface area contributed by atoms with Crippen LogP contribution in [0.3, 0.4) is 0 Å². The Morgan fingerprint density at radius 3 is 3.11 bits per heavy atom. The van der Waals surface area contributed by atoms with E-state index in [1.807, 2.05) is 12.1 Å². The number of hydrogen-bond acceptors (Lipinski definition) is 3. The lowest BCUT2D eigenvalue weighted by Crippen LogP contribution is -2.24. The summed E-state index contributed by atoms with van der Waals surface area (Å²) in [7, 11) is 0. The molecule has 0 aliphatic carbocycles. The molecular weight excluding hydrogens is 242 g/mol. The fourth-order valence-electron chi connectivity index (χ4n) is 2.00. The number of benzene rings is 1. The highest BCUT2D eigenvalue weighted by Crippen LogP contribution is 2.20. The second-order valence-corrected chi connectivity index (χ2v) is 4.44. The van der Waals surface area contributed by atoms with E-state index in [9.17, 15) is 4.79 Å². The summed E-state index contributed by atoms with van der Waals surface area (Å²) in [6.45, 7) is 5.31. The van der Waals surface area contributed by atoms with E-state index in [2.05, 4.69) is 11.9 Å². The molecule has 0 saturated carbocycles. The van der Waals surface area contributed by atoms with E-state index in [-0.39, 0.29) is 12.0 Å². The molecule has 1 aromatic carbocycles. The zero-order valence-electron chi connectivity index (χ0n) is 10.9. The Bertz CT molecular complexity index is 439. The van der Waals surface area contributed by atoms with Gasteiger partial charge in [-0.2, -0.15) is 0 Å². The molecule has 1 saturated heterocycles. The largest absolute Gasteiger partial charge is 0.490 e. The number of carbonyl (C=O) groups excluding carboxylic acids is 1. The van der Waals surface area contributed by atoms with Crippen LogP contribution in [0, 0.1) is 0 Å². The quantitative estimate of drug-likeness (QED) is 0.798. The van der Waals surface area contributed by atoms with Crippen LogP contribution in [-0.4, -0.2) is 31.8 Å². The molecule has 0 unspecified atom stereocenters. The molecule has 0 radical (unpaired) electrons. The molecule has 19 heavy (non-hydrogen) atoms. The minimum atomic E-state index is -0.150. The third-order valence-corrected chi connectivity index (χ3v) is 2.99. The Morgan fingerprint density at radius 1 is 1.53 bits per heavy atom. The Kier molecular flexibility index (Phi) is 4.98. The highest BCUT2D eigenvalue weighted by Gasteiger charge is 2.18. The van der Waals surface area contributed by atoms with Gasteiger partial charge in [0.2, 0.25) is 0 Å². The van der Waals surface area contributed by atoms with Crippen molar-refractivity contribution in [2.45, 2.75) is 18.9 Å². The number of hydrogen-bond donors (Lipinski definition) is 1. The molecule has 0 bridgehead atoms. The van der Waals surface area contributed by atoms with Gasteiger partial charge in [-0.05, 0) is 25.0 Å². The fraction of sp³-hybridized carbons (Fsp3) is 0.400. The predicted octanol–water partition coefficient (Wildman–Crippen LogP) is 2.16. The summed E-state index contributed by atoms with van der Waals surface area (Å²) in [6, 6.07) is 7.23. The highest BCUT2D eigenvalue weighted by atomic mass is 16.5. The third kappa shape index (κ3) is 3.83. The second kappa shape index (κ2) is 6.95. The third-order valence-electron chi connectivity index (χ3n) is 2.99. The first-order valence-corrected chi connectivity index (χ1v) is 6.54. The Morgan fingerprint density at radius 2 is 2.37 bits per heavy atom. The zero-order valence-corrected chi connectivity index (χ0v) is 10.9. The number of para-hydroxylation sites is 1. The summed E-state index contributed by atoms with van der Waals surface area (Å²) in [5.41, 5.74) is 0.544. The molecule has 1 amide bonds. The minimum Gasteiger partial charge on any atom is -0.490 e. The van der Waals surface area contributed by atoms with E-state index in [4.69, 9.17) is 9.47 Å². The standard InChI is InChI=1S/C15H19NO3/c1-2-9-16-15(17)13-7-3-4-8-14(13)19-11-12-6-5-10-18-12/h2-4,7-8,12H,1,5-6,9-11H2,(H,16,17)/t12-/m1/s1. The van der Waals surface area contributed by atoms with Crippen LogP contribution in [0.4, 0.5) is 0 Å². The molecule has 1 aromatic rings. The monoisotopic (exact) mass is 261 g/mol. The van der Waals surface area contributed by atoms with Crippen LogP contribution in [0.5, 0.6) is 5.75 Å². The minimum absolute atomic E-state index is 0.143. The average molecular weight is 261 g/mol. The maximum atomic E-state index is 12.0. The Hall–Kier alpha value is -1.81. The maximum absolute atomic E-state index is 12.0. The van der Waals surface area contributed by atoms with E-state index in [1.165, 1.54) is 0 Å². The molecule has 1 aliphatic heterocycles. The van der Waals surface area contributed by atoms with Gasteiger partial charge in [0.15, 0.2) is 0 Å². The van der Waals surface area contributed by atoms with E-state index < -0.39 is 0 Å². The molecule has 1 N–H and O–H groups in total. The molecule has 4 heteroatoms. The Labute approximate surface area is 113 Å². The van der Waals surface area contributed by atoms with Crippen molar-refractivity contribution in [3.63, 3.8) is 0 Å². The number of rotatable bonds is 6. The molecule has 1 atom stereocenters.